The smallest absolute Gasteiger partial charge is 0.0737 e. The van der Waals surface area contributed by atoms with Crippen LogP contribution >= 0.6 is 23.2 Å². The maximum Gasteiger partial charge on any atom is 0.0737 e. The van der Waals surface area contributed by atoms with Gasteiger partial charge in [0, 0.05) is 0 Å². The van der Waals surface area contributed by atoms with E-state index in [9.17, 15) is 0 Å². The van der Waals surface area contributed by atoms with Crippen LogP contribution in [0.15, 0.2) is 24.3 Å². The third-order valence-electron chi connectivity index (χ3n) is 2.66. The van der Waals surface area contributed by atoms with Gasteiger partial charge in [0.15, 0.2) is 0 Å². The second kappa shape index (κ2) is 4.48. The second-order valence-electron chi connectivity index (χ2n) is 3.92. The van der Waals surface area contributed by atoms with E-state index in [0.29, 0.717) is 32.8 Å². The van der Waals surface area contributed by atoms with E-state index in [1.54, 1.807) is 24.3 Å². The molecule has 0 fully saturated rings. The van der Waals surface area contributed by atoms with Gasteiger partial charge in [0.25, 0.3) is 0 Å². The van der Waals surface area contributed by atoms with Gasteiger partial charge in [-0.3, -0.25) is 0 Å². The standard InChI is InChI=1S/C12H12Cl2N4/c13-7-1-5(3-9(15)11(7)17)6-2-8(14)12(18)10(16)4-6/h1-4H,15-18H2. The molecule has 0 aliphatic heterocycles. The van der Waals surface area contributed by atoms with Crippen LogP contribution < -0.4 is 22.9 Å². The van der Waals surface area contributed by atoms with Crippen molar-refractivity contribution in [3.63, 3.8) is 0 Å². The van der Waals surface area contributed by atoms with Crippen LogP contribution in [-0.2, 0) is 0 Å². The molecule has 0 saturated heterocycles. The molecule has 2 rings (SSSR count). The minimum atomic E-state index is 0.356. The average Bonchev–Trinajstić information content (AvgIpc) is 2.31. The lowest BCUT2D eigenvalue weighted by Gasteiger charge is -2.10. The van der Waals surface area contributed by atoms with Crippen LogP contribution in [-0.4, -0.2) is 0 Å². The van der Waals surface area contributed by atoms with E-state index in [-0.39, 0.29) is 0 Å². The van der Waals surface area contributed by atoms with Crippen molar-refractivity contribution in [1.29, 1.82) is 0 Å². The normalized spacial score (nSPS) is 10.6. The molecule has 0 saturated carbocycles. The van der Waals surface area contributed by atoms with Gasteiger partial charge in [-0.05, 0) is 35.4 Å². The average molecular weight is 283 g/mol. The summed E-state index contributed by atoms with van der Waals surface area (Å²) in [5.41, 5.74) is 26.0. The summed E-state index contributed by atoms with van der Waals surface area (Å²) in [6, 6.07) is 6.83. The number of nitrogens with two attached hydrogens (primary N) is 4. The third kappa shape index (κ3) is 2.12. The summed E-state index contributed by atoms with van der Waals surface area (Å²) < 4.78 is 0. The monoisotopic (exact) mass is 282 g/mol. The molecule has 0 bridgehead atoms. The van der Waals surface area contributed by atoms with E-state index in [1.807, 2.05) is 0 Å². The Morgan fingerprint density at radius 2 is 0.944 bits per heavy atom. The summed E-state index contributed by atoms with van der Waals surface area (Å²) in [5.74, 6) is 0. The molecule has 6 heteroatoms. The Bertz CT molecular complexity index is 524. The lowest BCUT2D eigenvalue weighted by Crippen LogP contribution is -1.98. The Morgan fingerprint density at radius 3 is 1.22 bits per heavy atom. The summed E-state index contributed by atoms with van der Waals surface area (Å²) in [6.07, 6.45) is 0. The molecule has 0 radical (unpaired) electrons. The van der Waals surface area contributed by atoms with Gasteiger partial charge in [0.1, 0.15) is 0 Å². The van der Waals surface area contributed by atoms with E-state index < -0.39 is 0 Å². The zero-order chi connectivity index (χ0) is 13.4. The molecule has 0 aliphatic rings. The lowest BCUT2D eigenvalue weighted by atomic mass is 10.0. The minimum absolute atomic E-state index is 0.356. The van der Waals surface area contributed by atoms with Crippen molar-refractivity contribution in [1.82, 2.24) is 0 Å². The molecule has 18 heavy (non-hydrogen) atoms. The molecular formula is C12H12Cl2N4. The van der Waals surface area contributed by atoms with E-state index in [4.69, 9.17) is 46.1 Å². The number of benzene rings is 2. The molecule has 0 aromatic heterocycles. The van der Waals surface area contributed by atoms with Crippen molar-refractivity contribution in [3.8, 4) is 11.1 Å². The van der Waals surface area contributed by atoms with Crippen LogP contribution in [0, 0.1) is 0 Å². The summed E-state index contributed by atoms with van der Waals surface area (Å²) in [4.78, 5) is 0. The van der Waals surface area contributed by atoms with Crippen LogP contribution in [0.3, 0.4) is 0 Å². The molecule has 0 spiro atoms. The molecule has 94 valence electrons. The topological polar surface area (TPSA) is 104 Å². The first-order valence-electron chi connectivity index (χ1n) is 5.09. The number of nitrogen functional groups attached to an aromatic ring is 4. The van der Waals surface area contributed by atoms with Crippen molar-refractivity contribution < 1.29 is 0 Å². The van der Waals surface area contributed by atoms with E-state index in [2.05, 4.69) is 0 Å². The molecule has 4 nitrogen and oxygen atoms in total. The van der Waals surface area contributed by atoms with Gasteiger partial charge in [-0.2, -0.15) is 0 Å². The molecule has 8 N–H and O–H groups in total. The summed E-state index contributed by atoms with van der Waals surface area (Å²) >= 11 is 12.0. The highest BCUT2D eigenvalue weighted by Gasteiger charge is 2.09. The van der Waals surface area contributed by atoms with Crippen LogP contribution in [0.25, 0.3) is 11.1 Å². The minimum Gasteiger partial charge on any atom is -0.397 e. The molecule has 0 atom stereocenters. The highest BCUT2D eigenvalue weighted by molar-refractivity contribution is 6.34. The molecule has 0 amide bonds. The fourth-order valence-electron chi connectivity index (χ4n) is 1.61. The second-order valence-corrected chi connectivity index (χ2v) is 4.74. The third-order valence-corrected chi connectivity index (χ3v) is 3.28. The Labute approximate surface area is 114 Å². The highest BCUT2D eigenvalue weighted by atomic mass is 35.5. The Morgan fingerprint density at radius 1 is 0.611 bits per heavy atom. The first-order valence-corrected chi connectivity index (χ1v) is 5.85. The molecular weight excluding hydrogens is 271 g/mol. The maximum atomic E-state index is 5.99. The first kappa shape index (κ1) is 12.7. The van der Waals surface area contributed by atoms with Gasteiger partial charge in [-0.1, -0.05) is 23.2 Å². The number of hydrogen-bond donors (Lipinski definition) is 4. The predicted molar refractivity (Wildman–Crippen MR) is 79.5 cm³/mol. The van der Waals surface area contributed by atoms with E-state index in [1.165, 1.54) is 0 Å². The number of hydrogen-bond acceptors (Lipinski definition) is 4. The molecule has 2 aromatic carbocycles. The van der Waals surface area contributed by atoms with Crippen molar-refractivity contribution in [2.75, 3.05) is 22.9 Å². The zero-order valence-corrected chi connectivity index (χ0v) is 10.9. The van der Waals surface area contributed by atoms with Crippen molar-refractivity contribution in [2.45, 2.75) is 0 Å². The van der Waals surface area contributed by atoms with Gasteiger partial charge in [0.2, 0.25) is 0 Å². The van der Waals surface area contributed by atoms with Gasteiger partial charge < -0.3 is 22.9 Å². The fourth-order valence-corrected chi connectivity index (χ4v) is 2.06. The van der Waals surface area contributed by atoms with Gasteiger partial charge in [-0.15, -0.1) is 0 Å². The zero-order valence-electron chi connectivity index (χ0n) is 9.37. The van der Waals surface area contributed by atoms with Gasteiger partial charge >= 0.3 is 0 Å². The van der Waals surface area contributed by atoms with Crippen LogP contribution in [0.1, 0.15) is 0 Å². The van der Waals surface area contributed by atoms with Gasteiger partial charge in [0.05, 0.1) is 32.8 Å². The molecule has 0 heterocycles. The van der Waals surface area contributed by atoms with Crippen molar-refractivity contribution in [2.24, 2.45) is 0 Å². The molecule has 0 unspecified atom stereocenters. The van der Waals surface area contributed by atoms with Crippen LogP contribution in [0.5, 0.6) is 0 Å². The Hall–Kier alpha value is -1.78. The first-order chi connectivity index (χ1) is 8.40. The van der Waals surface area contributed by atoms with E-state index in [0.717, 1.165) is 11.1 Å². The molecule has 0 aliphatic carbocycles. The highest BCUT2D eigenvalue weighted by Crippen LogP contribution is 2.36. The number of rotatable bonds is 1. The summed E-state index contributed by atoms with van der Waals surface area (Å²) in [5, 5.41) is 0.771. The number of halogens is 2. The summed E-state index contributed by atoms with van der Waals surface area (Å²) in [6.45, 7) is 0. The largest absolute Gasteiger partial charge is 0.397 e. The van der Waals surface area contributed by atoms with Crippen molar-refractivity contribution >= 4 is 46.0 Å². The fraction of sp³-hybridized carbons (Fsp3) is 0. The Kier molecular flexibility index (Phi) is 3.15. The SMILES string of the molecule is Nc1cc(-c2cc(N)c(N)c(Cl)c2)cc(Cl)c1N. The molecule has 2 aromatic rings. The Balaban J connectivity index is 2.63. The number of anilines is 4. The lowest BCUT2D eigenvalue weighted by molar-refractivity contribution is 1.59. The van der Waals surface area contributed by atoms with Crippen LogP contribution in [0.2, 0.25) is 10.0 Å². The maximum absolute atomic E-state index is 5.99. The quantitative estimate of drug-likeness (QED) is 0.604. The summed E-state index contributed by atoms with van der Waals surface area (Å²) in [7, 11) is 0. The van der Waals surface area contributed by atoms with Crippen molar-refractivity contribution in [3.05, 3.63) is 34.3 Å². The van der Waals surface area contributed by atoms with E-state index >= 15 is 0 Å². The van der Waals surface area contributed by atoms with Gasteiger partial charge in [-0.25, -0.2) is 0 Å². The van der Waals surface area contributed by atoms with Crippen LogP contribution in [0.4, 0.5) is 22.7 Å². The predicted octanol–water partition coefficient (Wildman–Crippen LogP) is 2.99.